The summed E-state index contributed by atoms with van der Waals surface area (Å²) in [5, 5.41) is 11.1. The molecule has 0 bridgehead atoms. The molecule has 66 valence electrons. The number of carbonyl (C=O) groups excluding carboxylic acids is 1. The van der Waals surface area contributed by atoms with E-state index in [0.717, 1.165) is 0 Å². The summed E-state index contributed by atoms with van der Waals surface area (Å²) in [5.41, 5.74) is 2.74. The highest BCUT2D eigenvalue weighted by atomic mass is 16.2. The molecule has 0 radical (unpaired) electrons. The van der Waals surface area contributed by atoms with Gasteiger partial charge in [0.1, 0.15) is 6.07 Å². The predicted molar refractivity (Wildman–Crippen MR) is 47.5 cm³/mol. The van der Waals surface area contributed by atoms with Crippen LogP contribution in [0, 0.1) is 11.3 Å². The smallest absolute Gasteiger partial charge is 0.306 e. The van der Waals surface area contributed by atoms with Gasteiger partial charge < -0.3 is 5.32 Å². The van der Waals surface area contributed by atoms with Gasteiger partial charge in [-0.1, -0.05) is 12.1 Å². The lowest BCUT2D eigenvalue weighted by Gasteiger charge is -2.04. The van der Waals surface area contributed by atoms with Gasteiger partial charge in [0.05, 0.1) is 11.3 Å². The van der Waals surface area contributed by atoms with Gasteiger partial charge in [-0.2, -0.15) is 5.26 Å². The van der Waals surface area contributed by atoms with Gasteiger partial charge in [0, 0.05) is 0 Å². The van der Waals surface area contributed by atoms with Crippen LogP contribution in [0.1, 0.15) is 5.56 Å². The minimum absolute atomic E-state index is 0.395. The number of carbonyl (C=O) groups is 1. The molecule has 2 amide bonds. The van der Waals surface area contributed by atoms with Crippen molar-refractivity contribution in [2.45, 2.75) is 0 Å². The van der Waals surface area contributed by atoms with Crippen LogP contribution in [0.4, 0.5) is 10.5 Å². The van der Waals surface area contributed by atoms with Crippen molar-refractivity contribution >= 4 is 11.7 Å². The molecule has 0 saturated carbocycles. The standard InChI is InChI=1S/C8H8N4O/c9-5-6-3-1-2-4-7(6)11-8(13)12-10/h1-4H,10H2,(H2,11,12,13). The Morgan fingerprint density at radius 3 is 2.77 bits per heavy atom. The van der Waals surface area contributed by atoms with Crippen molar-refractivity contribution < 1.29 is 4.79 Å². The van der Waals surface area contributed by atoms with Crippen molar-refractivity contribution in [2.75, 3.05) is 5.32 Å². The Balaban J connectivity index is 2.89. The summed E-state index contributed by atoms with van der Waals surface area (Å²) < 4.78 is 0. The van der Waals surface area contributed by atoms with Gasteiger partial charge in [0.15, 0.2) is 0 Å². The zero-order valence-electron chi connectivity index (χ0n) is 6.74. The Labute approximate surface area is 75.1 Å². The molecular weight excluding hydrogens is 168 g/mol. The highest BCUT2D eigenvalue weighted by Gasteiger charge is 2.02. The Morgan fingerprint density at radius 1 is 1.46 bits per heavy atom. The van der Waals surface area contributed by atoms with E-state index in [1.165, 1.54) is 0 Å². The topological polar surface area (TPSA) is 90.9 Å². The number of rotatable bonds is 1. The molecule has 1 rings (SSSR count). The van der Waals surface area contributed by atoms with E-state index in [1.54, 1.807) is 24.3 Å². The number of benzene rings is 1. The first kappa shape index (κ1) is 9.03. The van der Waals surface area contributed by atoms with Gasteiger partial charge in [-0.15, -0.1) is 0 Å². The van der Waals surface area contributed by atoms with Crippen LogP contribution in [0.5, 0.6) is 0 Å². The van der Waals surface area contributed by atoms with Crippen molar-refractivity contribution in [1.29, 1.82) is 5.26 Å². The summed E-state index contributed by atoms with van der Waals surface area (Å²) in [4.78, 5) is 10.8. The first-order valence-corrected chi connectivity index (χ1v) is 3.54. The van der Waals surface area contributed by atoms with Crippen LogP contribution in [0.2, 0.25) is 0 Å². The second kappa shape index (κ2) is 4.09. The summed E-state index contributed by atoms with van der Waals surface area (Å²) in [6.07, 6.45) is 0. The third-order valence-electron chi connectivity index (χ3n) is 1.43. The number of nitrogens with zero attached hydrogens (tertiary/aromatic N) is 1. The van der Waals surface area contributed by atoms with Gasteiger partial charge in [0.2, 0.25) is 0 Å². The number of hydrogen-bond donors (Lipinski definition) is 3. The number of nitrogens with one attached hydrogen (secondary N) is 2. The number of urea groups is 1. The third-order valence-corrected chi connectivity index (χ3v) is 1.43. The molecule has 13 heavy (non-hydrogen) atoms. The van der Waals surface area contributed by atoms with Gasteiger partial charge in [-0.3, -0.25) is 5.43 Å². The summed E-state index contributed by atoms with van der Waals surface area (Å²) in [7, 11) is 0. The lowest BCUT2D eigenvalue weighted by Crippen LogP contribution is -2.34. The highest BCUT2D eigenvalue weighted by molar-refractivity contribution is 5.90. The zero-order chi connectivity index (χ0) is 9.68. The van der Waals surface area contributed by atoms with E-state index in [9.17, 15) is 4.79 Å². The lowest BCUT2D eigenvalue weighted by atomic mass is 10.2. The molecule has 5 heteroatoms. The molecule has 0 unspecified atom stereocenters. The second-order valence-corrected chi connectivity index (χ2v) is 2.26. The van der Waals surface area contributed by atoms with Crippen molar-refractivity contribution in [1.82, 2.24) is 5.43 Å². The van der Waals surface area contributed by atoms with E-state index in [0.29, 0.717) is 11.3 Å². The molecule has 0 aromatic heterocycles. The fourth-order valence-electron chi connectivity index (χ4n) is 0.848. The monoisotopic (exact) mass is 176 g/mol. The Bertz CT molecular complexity index is 355. The molecule has 1 aromatic carbocycles. The Morgan fingerprint density at radius 2 is 2.15 bits per heavy atom. The van der Waals surface area contributed by atoms with Gasteiger partial charge in [-0.05, 0) is 12.1 Å². The molecule has 1 aromatic rings. The van der Waals surface area contributed by atoms with E-state index in [2.05, 4.69) is 5.32 Å². The van der Waals surface area contributed by atoms with Crippen molar-refractivity contribution in [3.63, 3.8) is 0 Å². The highest BCUT2D eigenvalue weighted by Crippen LogP contribution is 2.12. The number of hydrogen-bond acceptors (Lipinski definition) is 3. The number of nitrogens with two attached hydrogens (primary N) is 1. The van der Waals surface area contributed by atoms with E-state index in [4.69, 9.17) is 11.1 Å². The van der Waals surface area contributed by atoms with Crippen LogP contribution < -0.4 is 16.6 Å². The van der Waals surface area contributed by atoms with Crippen LogP contribution in [0.25, 0.3) is 0 Å². The van der Waals surface area contributed by atoms with Crippen LogP contribution in [0.3, 0.4) is 0 Å². The largest absolute Gasteiger partial charge is 0.333 e. The number of nitriles is 1. The maximum Gasteiger partial charge on any atom is 0.333 e. The van der Waals surface area contributed by atoms with Crippen LogP contribution in [-0.2, 0) is 0 Å². The lowest BCUT2D eigenvalue weighted by molar-refractivity contribution is 0.252. The third kappa shape index (κ3) is 2.18. The maximum absolute atomic E-state index is 10.8. The molecule has 0 aliphatic heterocycles. The summed E-state index contributed by atoms with van der Waals surface area (Å²) in [5.74, 6) is 4.87. The van der Waals surface area contributed by atoms with E-state index < -0.39 is 6.03 Å². The normalized spacial score (nSPS) is 8.62. The summed E-state index contributed by atoms with van der Waals surface area (Å²) in [6, 6.07) is 8.04. The van der Waals surface area contributed by atoms with E-state index in [-0.39, 0.29) is 0 Å². The maximum atomic E-state index is 10.8. The quantitative estimate of drug-likeness (QED) is 0.331. The first-order chi connectivity index (χ1) is 6.27. The van der Waals surface area contributed by atoms with Gasteiger partial charge in [-0.25, -0.2) is 10.6 Å². The minimum Gasteiger partial charge on any atom is -0.306 e. The molecule has 0 atom stereocenters. The predicted octanol–water partition coefficient (Wildman–Crippen LogP) is 0.553. The van der Waals surface area contributed by atoms with Crippen molar-refractivity contribution in [2.24, 2.45) is 5.84 Å². The Kier molecular flexibility index (Phi) is 2.84. The SMILES string of the molecule is N#Cc1ccccc1NC(=O)NN. The fraction of sp³-hybridized carbons (Fsp3) is 0. The van der Waals surface area contributed by atoms with Gasteiger partial charge in [0.25, 0.3) is 0 Å². The Hall–Kier alpha value is -2.06. The molecule has 0 aliphatic carbocycles. The number of anilines is 1. The average molecular weight is 176 g/mol. The molecule has 0 saturated heterocycles. The number of hydrazine groups is 1. The van der Waals surface area contributed by atoms with Crippen LogP contribution in [-0.4, -0.2) is 6.03 Å². The molecule has 0 aliphatic rings. The molecular formula is C8H8N4O. The minimum atomic E-state index is -0.553. The van der Waals surface area contributed by atoms with E-state index >= 15 is 0 Å². The molecule has 0 fully saturated rings. The number of para-hydroxylation sites is 1. The number of amides is 2. The molecule has 0 heterocycles. The summed E-state index contributed by atoms with van der Waals surface area (Å²) in [6.45, 7) is 0. The second-order valence-electron chi connectivity index (χ2n) is 2.26. The van der Waals surface area contributed by atoms with Gasteiger partial charge >= 0.3 is 6.03 Å². The molecule has 5 nitrogen and oxygen atoms in total. The van der Waals surface area contributed by atoms with Crippen LogP contribution >= 0.6 is 0 Å². The van der Waals surface area contributed by atoms with Crippen molar-refractivity contribution in [3.8, 4) is 6.07 Å². The zero-order valence-corrected chi connectivity index (χ0v) is 6.74. The van der Waals surface area contributed by atoms with Crippen molar-refractivity contribution in [3.05, 3.63) is 29.8 Å². The fourth-order valence-corrected chi connectivity index (χ4v) is 0.848. The first-order valence-electron chi connectivity index (χ1n) is 3.54. The molecule has 0 spiro atoms. The molecule has 4 N–H and O–H groups in total. The van der Waals surface area contributed by atoms with E-state index in [1.807, 2.05) is 11.5 Å². The average Bonchev–Trinajstić information content (AvgIpc) is 2.18. The van der Waals surface area contributed by atoms with Crippen LogP contribution in [0.15, 0.2) is 24.3 Å². The summed E-state index contributed by atoms with van der Waals surface area (Å²) >= 11 is 0.